The van der Waals surface area contributed by atoms with E-state index in [0.29, 0.717) is 31.7 Å². The van der Waals surface area contributed by atoms with Gasteiger partial charge in [-0.25, -0.2) is 0 Å². The molecule has 1 aromatic carbocycles. The van der Waals surface area contributed by atoms with E-state index < -0.39 is 11.8 Å². The van der Waals surface area contributed by atoms with Gasteiger partial charge in [0.2, 0.25) is 5.91 Å². The Labute approximate surface area is 165 Å². The van der Waals surface area contributed by atoms with Crippen molar-refractivity contribution >= 4 is 23.6 Å². The molecule has 8 nitrogen and oxygen atoms in total. The third-order valence-corrected chi connectivity index (χ3v) is 4.43. The summed E-state index contributed by atoms with van der Waals surface area (Å²) in [5.41, 5.74) is 0.550. The molecule has 1 saturated heterocycles. The number of hydrogen-bond donors (Lipinski definition) is 2. The van der Waals surface area contributed by atoms with Gasteiger partial charge in [-0.05, 0) is 32.9 Å². The molecule has 0 aliphatic carbocycles. The second-order valence-electron chi connectivity index (χ2n) is 7.25. The normalized spacial score (nSPS) is 15.1. The third-order valence-electron chi connectivity index (χ3n) is 4.43. The van der Waals surface area contributed by atoms with Gasteiger partial charge in [-0.2, -0.15) is 0 Å². The lowest BCUT2D eigenvalue weighted by Crippen LogP contribution is -2.54. The number of hydrogen-bond acceptors (Lipinski definition) is 4. The van der Waals surface area contributed by atoms with Crippen LogP contribution in [0.2, 0.25) is 0 Å². The highest BCUT2D eigenvalue weighted by Crippen LogP contribution is 2.07. The number of carbonyl (C=O) groups excluding carboxylic acids is 4. The average molecular weight is 388 g/mol. The summed E-state index contributed by atoms with van der Waals surface area (Å²) < 4.78 is 0. The van der Waals surface area contributed by atoms with Gasteiger partial charge in [0.25, 0.3) is 5.91 Å². The number of amides is 4. The Morgan fingerprint density at radius 2 is 1.46 bits per heavy atom. The monoisotopic (exact) mass is 388 g/mol. The maximum atomic E-state index is 12.5. The molecule has 1 fully saturated rings. The standard InChI is InChI=1S/C20H28N4O4/c1-14(2)21-19(27)20(28)24-11-9-23(10-12-24)17(25)13-15(3)22-18(26)16-7-5-4-6-8-16/h4-8,14-15H,9-13H2,1-3H3,(H,21,27)(H,22,26). The maximum Gasteiger partial charge on any atom is 0.312 e. The first kappa shape index (κ1) is 21.4. The van der Waals surface area contributed by atoms with Gasteiger partial charge in [-0.3, -0.25) is 19.2 Å². The largest absolute Gasteiger partial charge is 0.349 e. The number of piperazine rings is 1. The van der Waals surface area contributed by atoms with Crippen molar-refractivity contribution in [1.29, 1.82) is 0 Å². The Kier molecular flexibility index (Phi) is 7.54. The van der Waals surface area contributed by atoms with Crippen molar-refractivity contribution in [3.05, 3.63) is 35.9 Å². The van der Waals surface area contributed by atoms with E-state index in [-0.39, 0.29) is 30.3 Å². The predicted octanol–water partition coefficient (Wildman–Crippen LogP) is 0.390. The van der Waals surface area contributed by atoms with Crippen LogP contribution < -0.4 is 10.6 Å². The molecular weight excluding hydrogens is 360 g/mol. The van der Waals surface area contributed by atoms with Crippen LogP contribution >= 0.6 is 0 Å². The molecule has 8 heteroatoms. The fourth-order valence-corrected chi connectivity index (χ4v) is 2.97. The lowest BCUT2D eigenvalue weighted by molar-refractivity contribution is -0.148. The third kappa shape index (κ3) is 6.07. The van der Waals surface area contributed by atoms with E-state index >= 15 is 0 Å². The number of nitrogens with zero attached hydrogens (tertiary/aromatic N) is 2. The highest BCUT2D eigenvalue weighted by Gasteiger charge is 2.28. The minimum absolute atomic E-state index is 0.0837. The van der Waals surface area contributed by atoms with Crippen molar-refractivity contribution in [2.75, 3.05) is 26.2 Å². The number of rotatable bonds is 5. The summed E-state index contributed by atoms with van der Waals surface area (Å²) in [6.45, 7) is 6.76. The topological polar surface area (TPSA) is 98.8 Å². The summed E-state index contributed by atoms with van der Waals surface area (Å²) in [4.78, 5) is 51.7. The average Bonchev–Trinajstić information content (AvgIpc) is 2.67. The first-order chi connectivity index (χ1) is 13.3. The van der Waals surface area contributed by atoms with Gasteiger partial charge in [-0.1, -0.05) is 18.2 Å². The quantitative estimate of drug-likeness (QED) is 0.713. The molecule has 0 bridgehead atoms. The molecule has 1 aromatic rings. The maximum absolute atomic E-state index is 12.5. The second kappa shape index (κ2) is 9.87. The second-order valence-corrected chi connectivity index (χ2v) is 7.25. The molecule has 2 rings (SSSR count). The van der Waals surface area contributed by atoms with E-state index in [9.17, 15) is 19.2 Å². The van der Waals surface area contributed by atoms with Crippen LogP contribution in [-0.2, 0) is 14.4 Å². The SMILES string of the molecule is CC(C)NC(=O)C(=O)N1CCN(C(=O)CC(C)NC(=O)c2ccccc2)CC1. The molecule has 1 unspecified atom stereocenters. The van der Waals surface area contributed by atoms with Crippen molar-refractivity contribution < 1.29 is 19.2 Å². The molecule has 0 spiro atoms. The van der Waals surface area contributed by atoms with Crippen LogP contribution in [0.4, 0.5) is 0 Å². The molecule has 1 aliphatic heterocycles. The van der Waals surface area contributed by atoms with Crippen molar-refractivity contribution in [2.45, 2.75) is 39.3 Å². The van der Waals surface area contributed by atoms with Gasteiger partial charge < -0.3 is 20.4 Å². The smallest absolute Gasteiger partial charge is 0.312 e. The number of nitrogens with one attached hydrogen (secondary N) is 2. The van der Waals surface area contributed by atoms with Crippen LogP contribution in [0.3, 0.4) is 0 Å². The van der Waals surface area contributed by atoms with Gasteiger partial charge in [0, 0.05) is 50.2 Å². The fraction of sp³-hybridized carbons (Fsp3) is 0.500. The number of benzene rings is 1. The highest BCUT2D eigenvalue weighted by molar-refractivity contribution is 6.35. The predicted molar refractivity (Wildman–Crippen MR) is 104 cm³/mol. The summed E-state index contributed by atoms with van der Waals surface area (Å²) >= 11 is 0. The Morgan fingerprint density at radius 3 is 2.04 bits per heavy atom. The Balaban J connectivity index is 1.77. The van der Waals surface area contributed by atoms with E-state index in [1.54, 1.807) is 49.9 Å². The Bertz CT molecular complexity index is 712. The van der Waals surface area contributed by atoms with Crippen LogP contribution in [0.1, 0.15) is 37.6 Å². The van der Waals surface area contributed by atoms with Crippen molar-refractivity contribution in [3.63, 3.8) is 0 Å². The molecule has 152 valence electrons. The molecule has 28 heavy (non-hydrogen) atoms. The van der Waals surface area contributed by atoms with Crippen molar-refractivity contribution in [2.24, 2.45) is 0 Å². The number of carbonyl (C=O) groups is 4. The van der Waals surface area contributed by atoms with Crippen LogP contribution in [0, 0.1) is 0 Å². The van der Waals surface area contributed by atoms with Gasteiger partial charge in [-0.15, -0.1) is 0 Å². The van der Waals surface area contributed by atoms with Gasteiger partial charge in [0.15, 0.2) is 0 Å². The van der Waals surface area contributed by atoms with Crippen molar-refractivity contribution in [1.82, 2.24) is 20.4 Å². The summed E-state index contributed by atoms with van der Waals surface area (Å²) in [6.07, 6.45) is 0.181. The van der Waals surface area contributed by atoms with E-state index in [4.69, 9.17) is 0 Å². The zero-order valence-corrected chi connectivity index (χ0v) is 16.6. The Morgan fingerprint density at radius 1 is 0.893 bits per heavy atom. The summed E-state index contributed by atoms with van der Waals surface area (Å²) in [5.74, 6) is -1.48. The molecular formula is C20H28N4O4. The molecule has 0 radical (unpaired) electrons. The summed E-state index contributed by atoms with van der Waals surface area (Å²) in [7, 11) is 0. The van der Waals surface area contributed by atoms with E-state index in [1.807, 2.05) is 6.07 Å². The van der Waals surface area contributed by atoms with Crippen LogP contribution in [0.25, 0.3) is 0 Å². The Hall–Kier alpha value is -2.90. The minimum atomic E-state index is -0.618. The van der Waals surface area contributed by atoms with E-state index in [1.165, 1.54) is 4.90 Å². The molecule has 0 aromatic heterocycles. The molecule has 1 aliphatic rings. The van der Waals surface area contributed by atoms with Crippen LogP contribution in [-0.4, -0.2) is 71.7 Å². The summed E-state index contributed by atoms with van der Waals surface area (Å²) in [5, 5.41) is 5.40. The van der Waals surface area contributed by atoms with Crippen molar-refractivity contribution in [3.8, 4) is 0 Å². The first-order valence-electron chi connectivity index (χ1n) is 9.51. The van der Waals surface area contributed by atoms with E-state index in [0.717, 1.165) is 0 Å². The fourth-order valence-electron chi connectivity index (χ4n) is 2.97. The van der Waals surface area contributed by atoms with Crippen LogP contribution in [0.5, 0.6) is 0 Å². The molecule has 1 atom stereocenters. The van der Waals surface area contributed by atoms with Gasteiger partial charge in [0.05, 0.1) is 0 Å². The van der Waals surface area contributed by atoms with Gasteiger partial charge >= 0.3 is 11.8 Å². The molecule has 4 amide bonds. The lowest BCUT2D eigenvalue weighted by Gasteiger charge is -2.35. The zero-order chi connectivity index (χ0) is 20.7. The van der Waals surface area contributed by atoms with Crippen LogP contribution in [0.15, 0.2) is 30.3 Å². The van der Waals surface area contributed by atoms with Gasteiger partial charge in [0.1, 0.15) is 0 Å². The summed E-state index contributed by atoms with van der Waals surface area (Å²) in [6, 6.07) is 8.43. The molecule has 0 saturated carbocycles. The lowest BCUT2D eigenvalue weighted by atomic mass is 10.1. The zero-order valence-electron chi connectivity index (χ0n) is 16.6. The van der Waals surface area contributed by atoms with E-state index in [2.05, 4.69) is 10.6 Å². The first-order valence-corrected chi connectivity index (χ1v) is 9.51. The molecule has 2 N–H and O–H groups in total. The minimum Gasteiger partial charge on any atom is -0.349 e. The highest BCUT2D eigenvalue weighted by atomic mass is 16.2. The molecule has 1 heterocycles.